The Bertz CT molecular complexity index is 795. The van der Waals surface area contributed by atoms with E-state index in [2.05, 4.69) is 31.9 Å². The summed E-state index contributed by atoms with van der Waals surface area (Å²) in [6.07, 6.45) is 0. The average molecular weight is 407 g/mol. The van der Waals surface area contributed by atoms with Gasteiger partial charge in [-0.1, -0.05) is 50.1 Å². The van der Waals surface area contributed by atoms with Crippen molar-refractivity contribution in [2.45, 2.75) is 6.92 Å². The van der Waals surface area contributed by atoms with Crippen LogP contribution in [-0.4, -0.2) is 9.78 Å². The van der Waals surface area contributed by atoms with E-state index in [4.69, 9.17) is 10.8 Å². The van der Waals surface area contributed by atoms with E-state index < -0.39 is 0 Å². The van der Waals surface area contributed by atoms with E-state index in [1.807, 2.05) is 55.5 Å². The molecule has 0 aliphatic heterocycles. The van der Waals surface area contributed by atoms with Gasteiger partial charge in [-0.3, -0.25) is 0 Å². The van der Waals surface area contributed by atoms with Gasteiger partial charge in [-0.05, 0) is 37.3 Å². The lowest BCUT2D eigenvalue weighted by atomic mass is 10.1. The molecule has 0 aliphatic rings. The number of aromatic nitrogens is 2. The van der Waals surface area contributed by atoms with Crippen molar-refractivity contribution in [3.05, 3.63) is 63.0 Å². The zero-order chi connectivity index (χ0) is 15.0. The van der Waals surface area contributed by atoms with Crippen LogP contribution in [0.25, 0.3) is 16.9 Å². The Morgan fingerprint density at radius 2 is 1.76 bits per heavy atom. The maximum atomic E-state index is 6.23. The number of hydrogen-bond donors (Lipinski definition) is 1. The van der Waals surface area contributed by atoms with E-state index in [9.17, 15) is 0 Å². The Morgan fingerprint density at radius 3 is 2.48 bits per heavy atom. The highest BCUT2D eigenvalue weighted by Crippen LogP contribution is 2.34. The van der Waals surface area contributed by atoms with Crippen molar-refractivity contribution in [3.8, 4) is 16.9 Å². The molecule has 1 aromatic heterocycles. The fraction of sp³-hybridized carbons (Fsp3) is 0.0625. The highest BCUT2D eigenvalue weighted by Gasteiger charge is 2.16. The molecular formula is C16H13Br2N3. The molecule has 3 aromatic rings. The molecule has 3 rings (SSSR count). The smallest absolute Gasteiger partial charge is 0.130 e. The third-order valence-electron chi connectivity index (χ3n) is 3.35. The van der Waals surface area contributed by atoms with Crippen molar-refractivity contribution < 1.29 is 0 Å². The Morgan fingerprint density at radius 1 is 1.05 bits per heavy atom. The summed E-state index contributed by atoms with van der Waals surface area (Å²) in [6.45, 7) is 1.99. The van der Waals surface area contributed by atoms with Crippen LogP contribution in [-0.2, 0) is 0 Å². The molecule has 3 nitrogen and oxygen atoms in total. The van der Waals surface area contributed by atoms with Gasteiger partial charge in [0, 0.05) is 20.1 Å². The van der Waals surface area contributed by atoms with Gasteiger partial charge in [0.05, 0.1) is 11.4 Å². The summed E-state index contributed by atoms with van der Waals surface area (Å²) in [7, 11) is 0. The van der Waals surface area contributed by atoms with E-state index in [0.717, 1.165) is 31.5 Å². The van der Waals surface area contributed by atoms with Crippen LogP contribution in [0.5, 0.6) is 0 Å². The summed E-state index contributed by atoms with van der Waals surface area (Å²) in [6, 6.07) is 15.9. The summed E-state index contributed by atoms with van der Waals surface area (Å²) >= 11 is 7.08. The molecule has 0 radical (unpaired) electrons. The van der Waals surface area contributed by atoms with E-state index >= 15 is 0 Å². The van der Waals surface area contributed by atoms with Crippen LogP contribution in [0.1, 0.15) is 5.56 Å². The van der Waals surface area contributed by atoms with Crippen LogP contribution < -0.4 is 5.73 Å². The highest BCUT2D eigenvalue weighted by atomic mass is 79.9. The Labute approximate surface area is 140 Å². The van der Waals surface area contributed by atoms with Crippen molar-refractivity contribution in [1.29, 1.82) is 0 Å². The number of para-hydroxylation sites is 1. The molecule has 2 N–H and O–H groups in total. The monoisotopic (exact) mass is 405 g/mol. The average Bonchev–Trinajstić information content (AvgIpc) is 2.79. The van der Waals surface area contributed by atoms with Crippen molar-refractivity contribution in [2.75, 3.05) is 5.73 Å². The number of nitrogens with two attached hydrogens (primary N) is 1. The van der Waals surface area contributed by atoms with Crippen molar-refractivity contribution in [3.63, 3.8) is 0 Å². The number of halogens is 2. The SMILES string of the molecule is Cc1c(-c2cc(Br)ccc2Br)nn(-c2ccccc2)c1N. The maximum Gasteiger partial charge on any atom is 0.130 e. The number of hydrogen-bond acceptors (Lipinski definition) is 2. The summed E-state index contributed by atoms with van der Waals surface area (Å²) in [5, 5.41) is 4.69. The van der Waals surface area contributed by atoms with Crippen LogP contribution in [0.4, 0.5) is 5.82 Å². The molecule has 2 aromatic carbocycles. The minimum atomic E-state index is 0.656. The largest absolute Gasteiger partial charge is 0.383 e. The normalized spacial score (nSPS) is 10.8. The molecule has 0 bridgehead atoms. The summed E-state index contributed by atoms with van der Waals surface area (Å²) < 4.78 is 3.78. The number of nitrogen functional groups attached to an aromatic ring is 1. The highest BCUT2D eigenvalue weighted by molar-refractivity contribution is 9.11. The second kappa shape index (κ2) is 5.66. The number of nitrogens with zero attached hydrogens (tertiary/aromatic N) is 2. The summed E-state index contributed by atoms with van der Waals surface area (Å²) in [4.78, 5) is 0. The molecular weight excluding hydrogens is 394 g/mol. The molecule has 0 fully saturated rings. The van der Waals surface area contributed by atoms with Crippen molar-refractivity contribution >= 4 is 37.7 Å². The Kier molecular flexibility index (Phi) is 3.87. The maximum absolute atomic E-state index is 6.23. The van der Waals surface area contributed by atoms with E-state index in [0.29, 0.717) is 5.82 Å². The first kappa shape index (κ1) is 14.4. The molecule has 0 saturated carbocycles. The van der Waals surface area contributed by atoms with Crippen LogP contribution in [0.15, 0.2) is 57.5 Å². The lowest BCUT2D eigenvalue weighted by Gasteiger charge is -2.03. The molecule has 106 valence electrons. The van der Waals surface area contributed by atoms with Gasteiger partial charge in [-0.15, -0.1) is 0 Å². The van der Waals surface area contributed by atoms with E-state index in [1.54, 1.807) is 4.68 Å². The quantitative estimate of drug-likeness (QED) is 0.653. The van der Waals surface area contributed by atoms with Gasteiger partial charge in [-0.2, -0.15) is 5.10 Å². The van der Waals surface area contributed by atoms with Crippen molar-refractivity contribution in [2.24, 2.45) is 0 Å². The van der Waals surface area contributed by atoms with Gasteiger partial charge in [0.15, 0.2) is 0 Å². The first-order valence-corrected chi connectivity index (χ1v) is 8.02. The minimum Gasteiger partial charge on any atom is -0.383 e. The molecule has 0 amide bonds. The van der Waals surface area contributed by atoms with Gasteiger partial charge in [0.25, 0.3) is 0 Å². The van der Waals surface area contributed by atoms with Crippen LogP contribution in [0, 0.1) is 6.92 Å². The predicted octanol–water partition coefficient (Wildman–Crippen LogP) is 4.95. The fourth-order valence-electron chi connectivity index (χ4n) is 2.21. The summed E-state index contributed by atoms with van der Waals surface area (Å²) in [5.74, 6) is 0.656. The zero-order valence-corrected chi connectivity index (χ0v) is 14.5. The number of rotatable bonds is 2. The van der Waals surface area contributed by atoms with Crippen molar-refractivity contribution in [1.82, 2.24) is 9.78 Å². The molecule has 0 spiro atoms. The van der Waals surface area contributed by atoms with Crippen LogP contribution >= 0.6 is 31.9 Å². The van der Waals surface area contributed by atoms with Gasteiger partial charge >= 0.3 is 0 Å². The Hall–Kier alpha value is -1.59. The third kappa shape index (κ3) is 2.63. The molecule has 5 heteroatoms. The predicted molar refractivity (Wildman–Crippen MR) is 93.5 cm³/mol. The lowest BCUT2D eigenvalue weighted by Crippen LogP contribution is -2.01. The van der Waals surface area contributed by atoms with Gasteiger partial charge in [0.2, 0.25) is 0 Å². The molecule has 0 atom stereocenters. The second-order valence-corrected chi connectivity index (χ2v) is 6.50. The second-order valence-electron chi connectivity index (χ2n) is 4.73. The minimum absolute atomic E-state index is 0.656. The van der Waals surface area contributed by atoms with Gasteiger partial charge in [-0.25, -0.2) is 4.68 Å². The van der Waals surface area contributed by atoms with Gasteiger partial charge in [0.1, 0.15) is 5.82 Å². The van der Waals surface area contributed by atoms with Gasteiger partial charge < -0.3 is 5.73 Å². The first-order chi connectivity index (χ1) is 10.1. The molecule has 1 heterocycles. The van der Waals surface area contributed by atoms with E-state index in [-0.39, 0.29) is 0 Å². The zero-order valence-electron chi connectivity index (χ0n) is 11.3. The first-order valence-electron chi connectivity index (χ1n) is 6.44. The van der Waals surface area contributed by atoms with Crippen LogP contribution in [0.2, 0.25) is 0 Å². The number of anilines is 1. The summed E-state index contributed by atoms with van der Waals surface area (Å²) in [5.41, 5.74) is 10.1. The molecule has 21 heavy (non-hydrogen) atoms. The Balaban J connectivity index is 2.20. The standard InChI is InChI=1S/C16H13Br2N3/c1-10-15(13-9-11(17)7-8-14(13)18)20-21(16(10)19)12-5-3-2-4-6-12/h2-9H,19H2,1H3. The molecule has 0 saturated heterocycles. The molecule has 0 aliphatic carbocycles. The topological polar surface area (TPSA) is 43.8 Å². The third-order valence-corrected chi connectivity index (χ3v) is 4.54. The molecule has 0 unspecified atom stereocenters. The number of benzene rings is 2. The lowest BCUT2D eigenvalue weighted by molar-refractivity contribution is 0.895. The fourth-order valence-corrected chi connectivity index (χ4v) is 3.01. The van der Waals surface area contributed by atoms with Crippen LogP contribution in [0.3, 0.4) is 0 Å². The van der Waals surface area contributed by atoms with E-state index in [1.165, 1.54) is 0 Å².